The van der Waals surface area contributed by atoms with Crippen LogP contribution in [0.15, 0.2) is 66.7 Å². The van der Waals surface area contributed by atoms with Crippen molar-refractivity contribution >= 4 is 22.6 Å². The molecule has 0 spiro atoms. The average Bonchev–Trinajstić information content (AvgIpc) is 3.40. The van der Waals surface area contributed by atoms with E-state index in [4.69, 9.17) is 10.7 Å². The topological polar surface area (TPSA) is 72.9 Å². The van der Waals surface area contributed by atoms with Crippen molar-refractivity contribution in [3.05, 3.63) is 83.7 Å². The summed E-state index contributed by atoms with van der Waals surface area (Å²) < 4.78 is 41.5. The van der Waals surface area contributed by atoms with Gasteiger partial charge < -0.3 is 15.6 Å². The van der Waals surface area contributed by atoms with Crippen molar-refractivity contribution in [2.24, 2.45) is 0 Å². The third-order valence-electron chi connectivity index (χ3n) is 7.44. The van der Waals surface area contributed by atoms with Crippen LogP contribution in [-0.2, 0) is 16.8 Å². The van der Waals surface area contributed by atoms with Gasteiger partial charge in [-0.15, -0.1) is 0 Å². The lowest BCUT2D eigenvalue weighted by Crippen LogP contribution is -2.47. The number of alkyl halides is 3. The molecule has 1 aromatic heterocycles. The molecule has 0 atom stereocenters. The molecule has 5 nitrogen and oxygen atoms in total. The molecule has 3 N–H and O–H groups in total. The van der Waals surface area contributed by atoms with Crippen LogP contribution in [0.4, 0.5) is 18.9 Å². The highest BCUT2D eigenvalue weighted by Crippen LogP contribution is 2.51. The first-order valence-corrected chi connectivity index (χ1v) is 12.9. The largest absolute Gasteiger partial charge is 0.405 e. The van der Waals surface area contributed by atoms with Gasteiger partial charge in [0.15, 0.2) is 0 Å². The van der Waals surface area contributed by atoms with Crippen molar-refractivity contribution in [2.45, 2.75) is 57.2 Å². The Balaban J connectivity index is 1.46. The molecule has 1 amide bonds. The second kappa shape index (κ2) is 9.82. The summed E-state index contributed by atoms with van der Waals surface area (Å²) in [6.07, 6.45) is -2.76. The Bertz CT molecular complexity index is 1440. The monoisotopic (exact) mass is 520 g/mol. The highest BCUT2D eigenvalue weighted by atomic mass is 19.4. The van der Waals surface area contributed by atoms with E-state index in [9.17, 15) is 18.0 Å². The van der Waals surface area contributed by atoms with Gasteiger partial charge in [0.05, 0.1) is 11.2 Å². The number of aryl methyl sites for hydroxylation is 1. The highest BCUT2D eigenvalue weighted by molar-refractivity contribution is 6.00. The van der Waals surface area contributed by atoms with E-state index in [-0.39, 0.29) is 5.92 Å². The van der Waals surface area contributed by atoms with E-state index in [1.54, 1.807) is 0 Å². The zero-order valence-electron chi connectivity index (χ0n) is 21.5. The van der Waals surface area contributed by atoms with Crippen LogP contribution in [0.3, 0.4) is 0 Å². The Labute approximate surface area is 219 Å². The minimum absolute atomic E-state index is 0.190. The van der Waals surface area contributed by atoms with Crippen LogP contribution in [0, 0.1) is 0 Å². The molecular weight excluding hydrogens is 489 g/mol. The van der Waals surface area contributed by atoms with Gasteiger partial charge in [-0.3, -0.25) is 4.79 Å². The number of unbranched alkanes of at least 4 members (excludes halogenated alkanes) is 1. The number of amides is 1. The molecule has 0 saturated carbocycles. The molecule has 1 aliphatic carbocycles. The number of anilines is 1. The van der Waals surface area contributed by atoms with Crippen molar-refractivity contribution in [2.75, 3.05) is 12.3 Å². The van der Waals surface area contributed by atoms with Crippen LogP contribution in [-0.4, -0.2) is 28.2 Å². The lowest BCUT2D eigenvalue weighted by Gasteiger charge is -2.31. The van der Waals surface area contributed by atoms with Gasteiger partial charge in [-0.25, -0.2) is 4.98 Å². The van der Waals surface area contributed by atoms with E-state index in [0.29, 0.717) is 25.1 Å². The van der Waals surface area contributed by atoms with Gasteiger partial charge in [-0.1, -0.05) is 68.4 Å². The number of nitrogens with two attached hydrogens (primary N) is 1. The number of aromatic nitrogens is 2. The molecule has 4 aromatic rings. The number of carbonyl (C=O) groups excluding carboxylic acids is 1. The second-order valence-electron chi connectivity index (χ2n) is 10.2. The molecule has 5 rings (SSSR count). The maximum Gasteiger partial charge on any atom is 0.405 e. The fourth-order valence-electron chi connectivity index (χ4n) is 5.81. The van der Waals surface area contributed by atoms with Crippen molar-refractivity contribution < 1.29 is 18.0 Å². The predicted molar refractivity (Wildman–Crippen MR) is 144 cm³/mol. The Morgan fingerprint density at radius 3 is 2.21 bits per heavy atom. The molecule has 8 heteroatoms. The number of fused-ring (bicyclic) bond motifs is 4. The highest BCUT2D eigenvalue weighted by Gasteiger charge is 2.49. The van der Waals surface area contributed by atoms with Gasteiger partial charge in [-0.05, 0) is 53.6 Å². The fourth-order valence-corrected chi connectivity index (χ4v) is 5.81. The molecule has 38 heavy (non-hydrogen) atoms. The van der Waals surface area contributed by atoms with Crippen molar-refractivity contribution in [1.29, 1.82) is 0 Å². The molecule has 1 heterocycles. The van der Waals surface area contributed by atoms with Crippen LogP contribution in [0.5, 0.6) is 0 Å². The first-order valence-electron chi connectivity index (χ1n) is 12.9. The fraction of sp³-hybridized carbons (Fsp3) is 0.333. The summed E-state index contributed by atoms with van der Waals surface area (Å²) in [4.78, 5) is 18.5. The summed E-state index contributed by atoms with van der Waals surface area (Å²) in [6.45, 7) is 3.47. The lowest BCUT2D eigenvalue weighted by atomic mass is 9.73. The van der Waals surface area contributed by atoms with Crippen LogP contribution in [0.25, 0.3) is 22.2 Å². The molecular formula is C30H31F3N4O. The van der Waals surface area contributed by atoms with Crippen LogP contribution >= 0.6 is 0 Å². The summed E-state index contributed by atoms with van der Waals surface area (Å²) in [7, 11) is 0. The third-order valence-corrected chi connectivity index (χ3v) is 7.44. The number of nitrogens with zero attached hydrogens (tertiary/aromatic N) is 2. The van der Waals surface area contributed by atoms with Gasteiger partial charge in [0, 0.05) is 12.5 Å². The number of hydrogen-bond donors (Lipinski definition) is 2. The normalized spacial score (nSPS) is 14.1. The number of rotatable bonds is 8. The number of nitrogens with one attached hydrogen (secondary N) is 1. The van der Waals surface area contributed by atoms with Gasteiger partial charge in [-0.2, -0.15) is 13.2 Å². The first kappa shape index (κ1) is 25.8. The Hall–Kier alpha value is -3.81. The van der Waals surface area contributed by atoms with Gasteiger partial charge in [0.25, 0.3) is 0 Å². The molecule has 3 aromatic carbocycles. The number of nitrogen functional groups attached to an aromatic ring is 1. The molecule has 0 saturated heterocycles. The van der Waals surface area contributed by atoms with Crippen molar-refractivity contribution in [3.8, 4) is 11.1 Å². The zero-order chi connectivity index (χ0) is 27.1. The maximum atomic E-state index is 13.7. The van der Waals surface area contributed by atoms with Crippen molar-refractivity contribution in [3.63, 3.8) is 0 Å². The molecule has 0 bridgehead atoms. The van der Waals surface area contributed by atoms with E-state index < -0.39 is 24.0 Å². The van der Waals surface area contributed by atoms with E-state index in [1.165, 1.54) is 0 Å². The van der Waals surface area contributed by atoms with Gasteiger partial charge >= 0.3 is 6.18 Å². The van der Waals surface area contributed by atoms with Crippen LogP contribution in [0.1, 0.15) is 56.0 Å². The van der Waals surface area contributed by atoms with E-state index in [2.05, 4.69) is 23.7 Å². The van der Waals surface area contributed by atoms with Gasteiger partial charge in [0.1, 0.15) is 23.3 Å². The van der Waals surface area contributed by atoms with E-state index >= 15 is 0 Å². The Kier molecular flexibility index (Phi) is 6.67. The lowest BCUT2D eigenvalue weighted by molar-refractivity contribution is -0.141. The summed E-state index contributed by atoms with van der Waals surface area (Å²) >= 11 is 0. The third kappa shape index (κ3) is 4.42. The number of hydrogen-bond acceptors (Lipinski definition) is 3. The molecule has 1 aliphatic rings. The van der Waals surface area contributed by atoms with E-state index in [1.807, 2.05) is 66.7 Å². The maximum absolute atomic E-state index is 13.7. The number of halogens is 3. The number of para-hydroxylation sites is 1. The van der Waals surface area contributed by atoms with Crippen LogP contribution < -0.4 is 11.1 Å². The molecule has 0 radical (unpaired) electrons. The van der Waals surface area contributed by atoms with E-state index in [0.717, 1.165) is 45.5 Å². The minimum atomic E-state index is -4.49. The summed E-state index contributed by atoms with van der Waals surface area (Å²) in [5.41, 5.74) is 10.6. The first-order chi connectivity index (χ1) is 18.1. The second-order valence-corrected chi connectivity index (χ2v) is 10.2. The SMILES string of the molecule is CC(C)c1nc2c(N)cccc2n1CCCCC1(C(=O)NCC(F)(F)F)c2ccccc2-c2ccccc21. The van der Waals surface area contributed by atoms with Crippen LogP contribution in [0.2, 0.25) is 0 Å². The molecule has 198 valence electrons. The molecule has 0 unspecified atom stereocenters. The average molecular weight is 521 g/mol. The number of carbonyl (C=O) groups is 1. The summed E-state index contributed by atoms with van der Waals surface area (Å²) in [5.74, 6) is 0.512. The standard InChI is InChI=1S/C30H31F3N4O/c1-19(2)27-36-26-24(34)14-9-15-25(26)37(27)17-8-7-16-29(28(38)35-18-30(31,32)33)22-12-5-3-10-20(22)21-11-4-6-13-23(21)29/h3-6,9-15,19H,7-8,16-18,34H2,1-2H3,(H,35,38). The quantitative estimate of drug-likeness (QED) is 0.204. The molecule has 0 aliphatic heterocycles. The minimum Gasteiger partial charge on any atom is -0.397 e. The van der Waals surface area contributed by atoms with Gasteiger partial charge in [0.2, 0.25) is 5.91 Å². The molecule has 0 fully saturated rings. The Morgan fingerprint density at radius 1 is 0.974 bits per heavy atom. The smallest absolute Gasteiger partial charge is 0.397 e. The van der Waals surface area contributed by atoms with Crippen molar-refractivity contribution in [1.82, 2.24) is 14.9 Å². The summed E-state index contributed by atoms with van der Waals surface area (Å²) in [6, 6.07) is 20.8. The number of benzene rings is 3. The number of imidazole rings is 1. The Morgan fingerprint density at radius 2 is 1.61 bits per heavy atom. The zero-order valence-corrected chi connectivity index (χ0v) is 21.5. The predicted octanol–water partition coefficient (Wildman–Crippen LogP) is 6.56. The summed E-state index contributed by atoms with van der Waals surface area (Å²) in [5, 5.41) is 2.20.